The molecule has 7 nitrogen and oxygen atoms in total. The second-order valence-corrected chi connectivity index (χ2v) is 1.67. The van der Waals surface area contributed by atoms with E-state index in [1.165, 1.54) is 0 Å². The molecule has 1 amide bonds. The van der Waals surface area contributed by atoms with Crippen molar-refractivity contribution in [2.45, 2.75) is 0 Å². The molecular formula is C9H16N2O5. The Morgan fingerprint density at radius 1 is 1.06 bits per heavy atom. The summed E-state index contributed by atoms with van der Waals surface area (Å²) in [6.45, 7) is 8.94. The Kier molecular flexibility index (Phi) is 26.9. The van der Waals surface area contributed by atoms with E-state index in [4.69, 9.17) is 15.0 Å². The zero-order chi connectivity index (χ0) is 12.9. The van der Waals surface area contributed by atoms with Crippen LogP contribution in [0.2, 0.25) is 0 Å². The number of amides is 1. The largest absolute Gasteiger partial charge is 0.545 e. The van der Waals surface area contributed by atoms with Gasteiger partial charge in [-0.15, -0.1) is 0 Å². The van der Waals surface area contributed by atoms with Crippen molar-refractivity contribution in [3.8, 4) is 0 Å². The van der Waals surface area contributed by atoms with Gasteiger partial charge in [0.2, 0.25) is 5.91 Å². The van der Waals surface area contributed by atoms with Gasteiger partial charge >= 0.3 is 5.97 Å². The summed E-state index contributed by atoms with van der Waals surface area (Å²) in [7, 11) is 0. The number of carboxylic acid groups (broad SMARTS) is 2. The molecule has 0 aliphatic rings. The minimum absolute atomic E-state index is 0. The van der Waals surface area contributed by atoms with Gasteiger partial charge in [-0.25, -0.2) is 4.79 Å². The minimum Gasteiger partial charge on any atom is -0.545 e. The quantitative estimate of drug-likeness (QED) is 0.543. The van der Waals surface area contributed by atoms with Gasteiger partial charge in [0.25, 0.3) is 0 Å². The van der Waals surface area contributed by atoms with E-state index in [2.05, 4.69) is 25.5 Å². The summed E-state index contributed by atoms with van der Waals surface area (Å²) in [5.74, 6) is -2.69. The fourth-order valence-electron chi connectivity index (χ4n) is 0. The number of hydrogen-bond acceptors (Lipinski definition) is 4. The predicted molar refractivity (Wildman–Crippen MR) is 58.4 cm³/mol. The molecule has 0 aromatic carbocycles. The topological polar surface area (TPSA) is 157 Å². The Bertz CT molecular complexity index is 218. The van der Waals surface area contributed by atoms with Crippen molar-refractivity contribution in [2.24, 2.45) is 5.73 Å². The van der Waals surface area contributed by atoms with Gasteiger partial charge in [-0.3, -0.25) is 4.79 Å². The van der Waals surface area contributed by atoms with Crippen LogP contribution in [-0.4, -0.2) is 23.0 Å². The van der Waals surface area contributed by atoms with Crippen LogP contribution in [0.3, 0.4) is 0 Å². The molecule has 0 aromatic heterocycles. The van der Waals surface area contributed by atoms with Crippen LogP contribution in [0.25, 0.3) is 0 Å². The first kappa shape index (κ1) is 23.4. The summed E-state index contributed by atoms with van der Waals surface area (Å²) in [5.41, 5.74) is 4.53. The number of quaternary nitrogens is 1. The molecule has 7 N–H and O–H groups in total. The van der Waals surface area contributed by atoms with E-state index in [-0.39, 0.29) is 6.15 Å². The number of nitrogens with two attached hydrogens (primary N) is 1. The molecule has 0 saturated carbocycles. The van der Waals surface area contributed by atoms with Crippen LogP contribution in [0.1, 0.15) is 0 Å². The maximum Gasteiger partial charge on any atom is 0.327 e. The van der Waals surface area contributed by atoms with Gasteiger partial charge in [0.15, 0.2) is 0 Å². The average molecular weight is 232 g/mol. The smallest absolute Gasteiger partial charge is 0.327 e. The van der Waals surface area contributed by atoms with Crippen LogP contribution in [-0.2, 0) is 14.4 Å². The maximum atomic E-state index is 9.47. The van der Waals surface area contributed by atoms with Gasteiger partial charge in [0.05, 0.1) is 5.97 Å². The predicted octanol–water partition coefficient (Wildman–Crippen LogP) is -0.787. The molecule has 92 valence electrons. The van der Waals surface area contributed by atoms with E-state index in [0.717, 1.165) is 18.2 Å². The van der Waals surface area contributed by atoms with Gasteiger partial charge in [0, 0.05) is 6.08 Å². The number of rotatable bonds is 3. The third kappa shape index (κ3) is 101. The standard InChI is InChI=1S/C3H5NO.2C3H4O2.H3N/c3*1-2-3(4)5;/h2H,1H2,(H2,4,5);2*2H,1H2,(H,4,5);1H3. The molecule has 7 heteroatoms. The summed E-state index contributed by atoms with van der Waals surface area (Å²) < 4.78 is 0. The normalized spacial score (nSPS) is 6.00. The first-order chi connectivity index (χ1) is 6.81. The SMILES string of the molecule is C=CC(=O)O.C=CC(=O)[O-].C=CC(N)=O.[NH4+]. The molecule has 0 saturated heterocycles. The third-order valence-electron chi connectivity index (χ3n) is 0.542. The molecule has 0 atom stereocenters. The highest BCUT2D eigenvalue weighted by Gasteiger charge is 1.73. The number of primary amides is 1. The zero-order valence-corrected chi connectivity index (χ0v) is 9.01. The Labute approximate surface area is 93.2 Å². The number of carbonyl (C=O) groups is 3. The Balaban J connectivity index is -0.0000000655. The third-order valence-corrected chi connectivity index (χ3v) is 0.542. The fourth-order valence-corrected chi connectivity index (χ4v) is 0. The molecule has 0 heterocycles. The van der Waals surface area contributed by atoms with Crippen molar-refractivity contribution >= 4 is 17.8 Å². The van der Waals surface area contributed by atoms with E-state index in [1.807, 2.05) is 0 Å². The summed E-state index contributed by atoms with van der Waals surface area (Å²) in [4.78, 5) is 27.9. The summed E-state index contributed by atoms with van der Waals surface area (Å²) >= 11 is 0. The monoisotopic (exact) mass is 232 g/mol. The van der Waals surface area contributed by atoms with E-state index < -0.39 is 17.8 Å². The lowest BCUT2D eigenvalue weighted by molar-refractivity contribution is -0.297. The molecular weight excluding hydrogens is 216 g/mol. The van der Waals surface area contributed by atoms with Crippen molar-refractivity contribution in [3.05, 3.63) is 38.0 Å². The maximum absolute atomic E-state index is 9.47. The van der Waals surface area contributed by atoms with Crippen molar-refractivity contribution in [3.63, 3.8) is 0 Å². The molecule has 0 aliphatic heterocycles. The second kappa shape index (κ2) is 18.4. The van der Waals surface area contributed by atoms with E-state index in [0.29, 0.717) is 0 Å². The molecule has 0 fully saturated rings. The molecule has 0 aromatic rings. The van der Waals surface area contributed by atoms with Gasteiger partial charge < -0.3 is 26.9 Å². The van der Waals surface area contributed by atoms with Gasteiger partial charge in [0.1, 0.15) is 0 Å². The fraction of sp³-hybridized carbons (Fsp3) is 0. The van der Waals surface area contributed by atoms with E-state index in [1.54, 1.807) is 0 Å². The van der Waals surface area contributed by atoms with Crippen molar-refractivity contribution < 1.29 is 24.6 Å². The van der Waals surface area contributed by atoms with Crippen LogP contribution in [0.15, 0.2) is 38.0 Å². The van der Waals surface area contributed by atoms with Gasteiger partial charge in [-0.05, 0) is 12.2 Å². The minimum atomic E-state index is -1.23. The highest BCUT2D eigenvalue weighted by molar-refractivity contribution is 5.85. The first-order valence-electron chi connectivity index (χ1n) is 3.42. The Morgan fingerprint density at radius 3 is 1.25 bits per heavy atom. The molecule has 16 heavy (non-hydrogen) atoms. The molecule has 0 spiro atoms. The van der Waals surface area contributed by atoms with Crippen molar-refractivity contribution in [1.82, 2.24) is 6.15 Å². The lowest BCUT2D eigenvalue weighted by Gasteiger charge is -1.81. The van der Waals surface area contributed by atoms with Crippen LogP contribution in [0.5, 0.6) is 0 Å². The number of aliphatic carboxylic acids is 2. The Hall–Kier alpha value is -2.41. The van der Waals surface area contributed by atoms with Crippen LogP contribution in [0.4, 0.5) is 0 Å². The lowest BCUT2D eigenvalue weighted by atomic mass is 10.6. The van der Waals surface area contributed by atoms with Gasteiger partial charge in [-0.2, -0.15) is 0 Å². The summed E-state index contributed by atoms with van der Waals surface area (Å²) in [5, 5.41) is 16.7. The number of carboxylic acids is 2. The number of carbonyl (C=O) groups excluding carboxylic acids is 2. The zero-order valence-electron chi connectivity index (χ0n) is 9.01. The molecule has 0 unspecified atom stereocenters. The molecule has 0 bridgehead atoms. The first-order valence-corrected chi connectivity index (χ1v) is 3.42. The van der Waals surface area contributed by atoms with Crippen LogP contribution >= 0.6 is 0 Å². The Morgan fingerprint density at radius 2 is 1.25 bits per heavy atom. The van der Waals surface area contributed by atoms with Crippen molar-refractivity contribution in [2.75, 3.05) is 0 Å². The highest BCUT2D eigenvalue weighted by atomic mass is 16.4. The van der Waals surface area contributed by atoms with Crippen molar-refractivity contribution in [1.29, 1.82) is 0 Å². The number of hydrogen-bond donors (Lipinski definition) is 3. The summed E-state index contributed by atoms with van der Waals surface area (Å²) in [6.07, 6.45) is 2.61. The molecule has 0 rings (SSSR count). The van der Waals surface area contributed by atoms with Gasteiger partial charge in [-0.1, -0.05) is 19.7 Å². The molecule has 0 aliphatic carbocycles. The molecule has 0 radical (unpaired) electrons. The van der Waals surface area contributed by atoms with Crippen LogP contribution in [0, 0.1) is 0 Å². The van der Waals surface area contributed by atoms with E-state index >= 15 is 0 Å². The second-order valence-electron chi connectivity index (χ2n) is 1.67. The lowest BCUT2D eigenvalue weighted by Crippen LogP contribution is -2.17. The van der Waals surface area contributed by atoms with E-state index in [9.17, 15) is 9.59 Å². The highest BCUT2D eigenvalue weighted by Crippen LogP contribution is 1.54. The average Bonchev–Trinajstić information content (AvgIpc) is 2.19. The summed E-state index contributed by atoms with van der Waals surface area (Å²) in [6, 6.07) is 0. The van der Waals surface area contributed by atoms with Crippen LogP contribution < -0.4 is 17.0 Å².